The zero-order chi connectivity index (χ0) is 69.0. The molecule has 0 atom stereocenters. The molecule has 7 heteroatoms. The molecule has 6 heterocycles. The normalized spacial score (nSPS) is 12.0. The molecule has 0 radical (unpaired) electrons. The number of H-pyrrole nitrogens is 1. The molecule has 0 saturated carbocycles. The van der Waals surface area contributed by atoms with Crippen LogP contribution in [-0.2, 0) is 0 Å². The molecule has 1 N–H and O–H groups in total. The van der Waals surface area contributed by atoms with Gasteiger partial charge >= 0.3 is 0 Å². The van der Waals surface area contributed by atoms with Crippen molar-refractivity contribution in [3.63, 3.8) is 0 Å². The van der Waals surface area contributed by atoms with E-state index in [9.17, 15) is 0 Å². The van der Waals surface area contributed by atoms with Crippen molar-refractivity contribution in [2.75, 3.05) is 0 Å². The second-order valence-corrected chi connectivity index (χ2v) is 28.2. The van der Waals surface area contributed by atoms with E-state index < -0.39 is 0 Å². The third kappa shape index (κ3) is 9.23. The minimum Gasteiger partial charge on any atom is -0.355 e. The van der Waals surface area contributed by atoms with Crippen LogP contribution < -0.4 is 0 Å². The van der Waals surface area contributed by atoms with Crippen LogP contribution in [0.4, 0.5) is 0 Å². The van der Waals surface area contributed by atoms with Gasteiger partial charge in [0, 0.05) is 76.3 Å². The molecule has 16 aromatic carbocycles. The number of aromatic amines is 1. The summed E-state index contributed by atoms with van der Waals surface area (Å²) in [4.78, 5) is 13.2. The maximum atomic E-state index is 6.08. The van der Waals surface area contributed by atoms with Gasteiger partial charge in [0.25, 0.3) is 0 Å². The van der Waals surface area contributed by atoms with E-state index in [-0.39, 0.29) is 0 Å². The van der Waals surface area contributed by atoms with E-state index in [0.717, 1.165) is 27.9 Å². The van der Waals surface area contributed by atoms with E-state index >= 15 is 0 Å². The maximum Gasteiger partial charge on any atom is 0.138 e. The highest BCUT2D eigenvalue weighted by Gasteiger charge is 2.26. The predicted octanol–water partition coefficient (Wildman–Crippen LogP) is 26.7. The van der Waals surface area contributed by atoms with E-state index in [1.807, 2.05) is 18.2 Å². The van der Waals surface area contributed by atoms with Crippen LogP contribution in [0, 0.1) is 0 Å². The topological polar surface area (TPSA) is 56.4 Å². The number of fused-ring (bicyclic) bond motifs is 20. The van der Waals surface area contributed by atoms with Crippen molar-refractivity contribution in [2.24, 2.45) is 0 Å². The molecule has 0 saturated heterocycles. The lowest BCUT2D eigenvalue weighted by Gasteiger charge is -2.11. The molecule has 2 aliphatic carbocycles. The van der Waals surface area contributed by atoms with Crippen LogP contribution in [0.5, 0.6) is 0 Å². The lowest BCUT2D eigenvalue weighted by Crippen LogP contribution is -1.98. The summed E-state index contributed by atoms with van der Waals surface area (Å²) < 4.78 is 7.14. The van der Waals surface area contributed by atoms with E-state index in [4.69, 9.17) is 16.6 Å². The van der Waals surface area contributed by atoms with Crippen molar-refractivity contribution < 1.29 is 0 Å². The van der Waals surface area contributed by atoms with E-state index in [1.54, 1.807) is 0 Å². The summed E-state index contributed by atoms with van der Waals surface area (Å²) in [5.41, 5.74) is 28.8. The summed E-state index contributed by atoms with van der Waals surface area (Å²) in [5, 5.41) is 18.1. The highest BCUT2D eigenvalue weighted by atomic mass is 35.5. The predicted molar refractivity (Wildman–Crippen MR) is 442 cm³/mol. The third-order valence-corrected chi connectivity index (χ3v) is 22.2. The summed E-state index contributed by atoms with van der Waals surface area (Å²) in [5.74, 6) is 0.942. The van der Waals surface area contributed by atoms with Gasteiger partial charge in [-0.15, -0.1) is 0 Å². The van der Waals surface area contributed by atoms with Crippen LogP contribution in [0.25, 0.3) is 215 Å². The Balaban J connectivity index is 0.000000112. The summed E-state index contributed by atoms with van der Waals surface area (Å²) in [6.07, 6.45) is 0. The van der Waals surface area contributed by atoms with Gasteiger partial charge in [-0.1, -0.05) is 230 Å². The van der Waals surface area contributed by atoms with Gasteiger partial charge in [-0.3, -0.25) is 4.57 Å². The first kappa shape index (κ1) is 59.1. The highest BCUT2D eigenvalue weighted by molar-refractivity contribution is 6.31. The number of rotatable bonds is 5. The Kier molecular flexibility index (Phi) is 13.0. The van der Waals surface area contributed by atoms with Crippen LogP contribution in [-0.4, -0.2) is 28.7 Å². The molecule has 6 aromatic heterocycles. The zero-order valence-corrected chi connectivity index (χ0v) is 57.4. The zero-order valence-electron chi connectivity index (χ0n) is 56.6. The average Bonchev–Trinajstić information content (AvgIpc) is 1.60. The molecule has 0 fully saturated rings. The number of hydrogen-bond acceptors (Lipinski definition) is 2. The third-order valence-electron chi connectivity index (χ3n) is 22.0. The Bertz CT molecular complexity index is 7420. The van der Waals surface area contributed by atoms with Crippen LogP contribution in [0.1, 0.15) is 0 Å². The molecule has 2 aliphatic rings. The van der Waals surface area contributed by atoms with Gasteiger partial charge in [0.1, 0.15) is 11.0 Å². The molecule has 0 unspecified atom stereocenters. The first-order valence-corrected chi connectivity index (χ1v) is 36.2. The molecule has 0 aliphatic heterocycles. The smallest absolute Gasteiger partial charge is 0.138 e. The van der Waals surface area contributed by atoms with Gasteiger partial charge in [-0.05, 0) is 222 Å². The SMILES string of the molecule is Clc1cc2c3c(cccc3n1)-c1ccccc1-2.c1ccc(-n2c3ccc(-c4ccc5[nH]c6ccccc6c5c4)cc3c3cc4ccccc4cc32)cc1.c1ccc(-n2c3ccc(-c4ccc5c(c4)c4ccccc4n5-c4cc5c6c(cccc6n4)-c4ccccc4-5)cc3c3cc4ccccc4cc32)cc1. The number of nitrogens with one attached hydrogen (secondary N) is 1. The second kappa shape index (κ2) is 23.2. The standard InChI is InChI=1S/C49H29N3.C34H22N2.C15H8ClN/c1-2-13-34(14-3-1)51-45-23-21-33(27-40(45)41-25-30-11-4-5-12-31(30)28-47(41)51)32-22-24-46-39(26-32)37-17-8-9-20-44(37)52(46)48-29-42-36-16-7-6-15-35(36)38-18-10-19-43(50-48)49(38)42;1-2-10-26(11-3-1)36-33-17-15-25(20-29(33)30-19-22-8-4-5-9-23(22)21-34(30)36)24-14-16-32-28(18-24)27-12-6-7-13-31(27)35-32;16-14-8-12-10-5-2-1-4-9(10)11-6-3-7-13(17-14)15(11)12/h1-29H;1-21,35H;1-8H. The summed E-state index contributed by atoms with van der Waals surface area (Å²) in [6, 6.07) is 127. The largest absolute Gasteiger partial charge is 0.355 e. The van der Waals surface area contributed by atoms with Crippen molar-refractivity contribution in [1.29, 1.82) is 0 Å². The molecule has 0 bridgehead atoms. The summed E-state index contributed by atoms with van der Waals surface area (Å²) >= 11 is 6.08. The molecule has 0 spiro atoms. The summed E-state index contributed by atoms with van der Waals surface area (Å²) in [6.45, 7) is 0. The van der Waals surface area contributed by atoms with Crippen molar-refractivity contribution in [3.8, 4) is 84.0 Å². The Morgan fingerprint density at radius 1 is 0.229 bits per heavy atom. The Hall–Kier alpha value is -13.7. The summed E-state index contributed by atoms with van der Waals surface area (Å²) in [7, 11) is 0. The number of hydrogen-bond donors (Lipinski definition) is 1. The average molecular weight is 1360 g/mol. The first-order valence-electron chi connectivity index (χ1n) is 35.8. The molecule has 488 valence electrons. The number of benzene rings is 16. The van der Waals surface area contributed by atoms with Crippen molar-refractivity contribution >= 4 is 142 Å². The lowest BCUT2D eigenvalue weighted by molar-refractivity contribution is 1.10. The second-order valence-electron chi connectivity index (χ2n) is 27.8. The van der Waals surface area contributed by atoms with Gasteiger partial charge in [-0.25, -0.2) is 9.97 Å². The molecular formula is C98H59ClN6. The molecule has 0 amide bonds. The molecule has 24 rings (SSSR count). The molecule has 105 heavy (non-hydrogen) atoms. The number of aromatic nitrogens is 6. The van der Waals surface area contributed by atoms with Crippen molar-refractivity contribution in [1.82, 2.24) is 28.7 Å². The van der Waals surface area contributed by atoms with Gasteiger partial charge in [-0.2, -0.15) is 0 Å². The fourth-order valence-corrected chi connectivity index (χ4v) is 17.5. The fourth-order valence-electron chi connectivity index (χ4n) is 17.3. The first-order chi connectivity index (χ1) is 52.0. The van der Waals surface area contributed by atoms with Crippen LogP contribution in [0.2, 0.25) is 5.15 Å². The minimum atomic E-state index is 0.557. The van der Waals surface area contributed by atoms with Crippen LogP contribution >= 0.6 is 11.6 Å². The fraction of sp³-hybridized carbons (Fsp3) is 0. The Morgan fingerprint density at radius 2 is 0.610 bits per heavy atom. The minimum absolute atomic E-state index is 0.557. The van der Waals surface area contributed by atoms with Gasteiger partial charge in [0.2, 0.25) is 0 Å². The van der Waals surface area contributed by atoms with Gasteiger partial charge < -0.3 is 14.1 Å². The number of halogens is 1. The quantitative estimate of drug-likeness (QED) is 0.175. The van der Waals surface area contributed by atoms with Crippen LogP contribution in [0.3, 0.4) is 0 Å². The highest BCUT2D eigenvalue weighted by Crippen LogP contribution is 2.50. The number of pyridine rings is 2. The van der Waals surface area contributed by atoms with Gasteiger partial charge in [0.05, 0.1) is 44.1 Å². The van der Waals surface area contributed by atoms with Crippen molar-refractivity contribution in [3.05, 3.63) is 357 Å². The maximum absolute atomic E-state index is 6.08. The van der Waals surface area contributed by atoms with Crippen molar-refractivity contribution in [2.45, 2.75) is 0 Å². The number of nitrogens with zero attached hydrogens (tertiary/aromatic N) is 5. The Morgan fingerprint density at radius 3 is 1.16 bits per heavy atom. The van der Waals surface area contributed by atoms with Crippen LogP contribution in [0.15, 0.2) is 352 Å². The van der Waals surface area contributed by atoms with Gasteiger partial charge in [0.15, 0.2) is 0 Å². The van der Waals surface area contributed by atoms with E-state index in [0.29, 0.717) is 5.15 Å². The monoisotopic (exact) mass is 1350 g/mol. The molecule has 22 aromatic rings. The lowest BCUT2D eigenvalue weighted by atomic mass is 10.00. The van der Waals surface area contributed by atoms with E-state index in [1.165, 1.54) is 187 Å². The van der Waals surface area contributed by atoms with E-state index in [2.05, 4.69) is 357 Å². The Labute approximate surface area is 607 Å². The molecule has 6 nitrogen and oxygen atoms in total. The molecular weight excluding hydrogens is 1300 g/mol. The number of para-hydroxylation sites is 4.